The summed E-state index contributed by atoms with van der Waals surface area (Å²) in [6.07, 6.45) is 2.30. The number of rotatable bonds is 3. The zero-order chi connectivity index (χ0) is 16.8. The zero-order valence-electron chi connectivity index (χ0n) is 14.2. The SMILES string of the molecule is Cc1noc([C@@H]2C[C@H]3CCN(Cc4ccc5c(c4)OCO5)C[C@@H]3O2)n1. The molecule has 0 bridgehead atoms. The van der Waals surface area contributed by atoms with Crippen LogP contribution >= 0.6 is 0 Å². The maximum atomic E-state index is 6.22. The molecule has 3 aliphatic heterocycles. The van der Waals surface area contributed by atoms with Gasteiger partial charge in [0.2, 0.25) is 6.79 Å². The molecule has 2 saturated heterocycles. The predicted molar refractivity (Wildman–Crippen MR) is 87.2 cm³/mol. The molecule has 7 nitrogen and oxygen atoms in total. The Balaban J connectivity index is 1.23. The molecule has 0 N–H and O–H groups in total. The van der Waals surface area contributed by atoms with Crippen LogP contribution in [0.25, 0.3) is 0 Å². The lowest BCUT2D eigenvalue weighted by atomic mass is 9.91. The molecule has 0 amide bonds. The van der Waals surface area contributed by atoms with E-state index >= 15 is 0 Å². The van der Waals surface area contributed by atoms with Gasteiger partial charge in [-0.2, -0.15) is 4.98 Å². The van der Waals surface area contributed by atoms with E-state index in [1.807, 2.05) is 13.0 Å². The number of benzene rings is 1. The first-order valence-electron chi connectivity index (χ1n) is 8.81. The first kappa shape index (κ1) is 15.2. The Morgan fingerprint density at radius 3 is 3.04 bits per heavy atom. The Morgan fingerprint density at radius 2 is 2.16 bits per heavy atom. The normalized spacial score (nSPS) is 28.3. The second-order valence-corrected chi connectivity index (χ2v) is 7.05. The molecule has 4 heterocycles. The molecule has 2 aromatic rings. The van der Waals surface area contributed by atoms with Crippen LogP contribution in [0, 0.1) is 12.8 Å². The van der Waals surface area contributed by atoms with Crippen molar-refractivity contribution in [3.63, 3.8) is 0 Å². The van der Waals surface area contributed by atoms with Crippen molar-refractivity contribution in [3.8, 4) is 11.5 Å². The Kier molecular flexibility index (Phi) is 3.64. The zero-order valence-corrected chi connectivity index (χ0v) is 14.2. The van der Waals surface area contributed by atoms with Crippen molar-refractivity contribution in [3.05, 3.63) is 35.5 Å². The van der Waals surface area contributed by atoms with Gasteiger partial charge >= 0.3 is 0 Å². The van der Waals surface area contributed by atoms with Gasteiger partial charge in [0.1, 0.15) is 6.10 Å². The van der Waals surface area contributed by atoms with E-state index in [4.69, 9.17) is 18.7 Å². The molecule has 0 saturated carbocycles. The fraction of sp³-hybridized carbons (Fsp3) is 0.556. The van der Waals surface area contributed by atoms with Gasteiger partial charge in [-0.1, -0.05) is 11.2 Å². The number of likely N-dealkylation sites (tertiary alicyclic amines) is 1. The van der Waals surface area contributed by atoms with Crippen molar-refractivity contribution in [2.24, 2.45) is 5.92 Å². The molecule has 0 radical (unpaired) electrons. The summed E-state index contributed by atoms with van der Waals surface area (Å²) in [5, 5.41) is 3.88. The molecular formula is C18H21N3O4. The van der Waals surface area contributed by atoms with E-state index in [2.05, 4.69) is 27.2 Å². The number of fused-ring (bicyclic) bond motifs is 2. The lowest BCUT2D eigenvalue weighted by Gasteiger charge is -2.34. The minimum Gasteiger partial charge on any atom is -0.454 e. The maximum Gasteiger partial charge on any atom is 0.255 e. The van der Waals surface area contributed by atoms with Gasteiger partial charge < -0.3 is 18.7 Å². The van der Waals surface area contributed by atoms with Crippen LogP contribution in [0.15, 0.2) is 22.7 Å². The predicted octanol–water partition coefficient (Wildman–Crippen LogP) is 2.46. The molecule has 0 unspecified atom stereocenters. The van der Waals surface area contributed by atoms with E-state index in [0.717, 1.165) is 44.0 Å². The Bertz CT molecular complexity index is 777. The fourth-order valence-corrected chi connectivity index (χ4v) is 4.04. The Morgan fingerprint density at radius 1 is 1.24 bits per heavy atom. The number of hydrogen-bond donors (Lipinski definition) is 0. The van der Waals surface area contributed by atoms with Crippen molar-refractivity contribution in [1.29, 1.82) is 0 Å². The molecule has 132 valence electrons. The van der Waals surface area contributed by atoms with Gasteiger partial charge in [-0.05, 0) is 49.9 Å². The third-order valence-electron chi connectivity index (χ3n) is 5.30. The molecule has 2 fully saturated rings. The summed E-state index contributed by atoms with van der Waals surface area (Å²) in [5.41, 5.74) is 1.24. The molecule has 0 spiro atoms. The summed E-state index contributed by atoms with van der Waals surface area (Å²) in [6, 6.07) is 6.18. The van der Waals surface area contributed by atoms with Gasteiger partial charge in [0, 0.05) is 13.1 Å². The molecule has 25 heavy (non-hydrogen) atoms. The van der Waals surface area contributed by atoms with Crippen LogP contribution < -0.4 is 9.47 Å². The van der Waals surface area contributed by atoms with Gasteiger partial charge in [-0.3, -0.25) is 4.90 Å². The highest BCUT2D eigenvalue weighted by atomic mass is 16.7. The molecule has 7 heteroatoms. The third-order valence-corrected chi connectivity index (χ3v) is 5.30. The first-order chi connectivity index (χ1) is 12.2. The van der Waals surface area contributed by atoms with E-state index < -0.39 is 0 Å². The quantitative estimate of drug-likeness (QED) is 0.848. The van der Waals surface area contributed by atoms with Gasteiger partial charge in [0.05, 0.1) is 6.10 Å². The summed E-state index contributed by atoms with van der Waals surface area (Å²) >= 11 is 0. The number of piperidine rings is 1. The molecular weight excluding hydrogens is 322 g/mol. The smallest absolute Gasteiger partial charge is 0.255 e. The number of aromatic nitrogens is 2. The van der Waals surface area contributed by atoms with E-state index in [9.17, 15) is 0 Å². The summed E-state index contributed by atoms with van der Waals surface area (Å²) in [7, 11) is 0. The average Bonchev–Trinajstić information content (AvgIpc) is 3.32. The van der Waals surface area contributed by atoms with Crippen LogP contribution in [0.3, 0.4) is 0 Å². The van der Waals surface area contributed by atoms with E-state index in [1.54, 1.807) is 0 Å². The minimum absolute atomic E-state index is 0.0540. The van der Waals surface area contributed by atoms with Crippen LogP contribution in [0.5, 0.6) is 11.5 Å². The first-order valence-corrected chi connectivity index (χ1v) is 8.81. The lowest BCUT2D eigenvalue weighted by molar-refractivity contribution is -0.0189. The average molecular weight is 343 g/mol. The van der Waals surface area contributed by atoms with E-state index in [-0.39, 0.29) is 12.2 Å². The molecule has 1 aromatic heterocycles. The summed E-state index contributed by atoms with van der Waals surface area (Å²) < 4.78 is 22.4. The summed E-state index contributed by atoms with van der Waals surface area (Å²) in [6.45, 7) is 5.06. The standard InChI is InChI=1S/C18H21N3O4/c1-11-19-18(25-20-11)16-7-13-4-5-21(9-17(13)24-16)8-12-2-3-14-15(6-12)23-10-22-14/h2-3,6,13,16-17H,4-5,7-10H2,1H3/t13-,16+,17+/m1/s1. The topological polar surface area (TPSA) is 69.9 Å². The second kappa shape index (κ2) is 6.00. The fourth-order valence-electron chi connectivity index (χ4n) is 4.04. The minimum atomic E-state index is -0.0540. The molecule has 0 aliphatic carbocycles. The highest BCUT2D eigenvalue weighted by molar-refractivity contribution is 5.44. The van der Waals surface area contributed by atoms with Crippen molar-refractivity contribution in [2.75, 3.05) is 19.9 Å². The molecule has 1 aromatic carbocycles. The van der Waals surface area contributed by atoms with Gasteiger partial charge in [0.15, 0.2) is 17.3 Å². The second-order valence-electron chi connectivity index (χ2n) is 7.05. The third kappa shape index (κ3) is 2.87. The van der Waals surface area contributed by atoms with Gasteiger partial charge in [-0.15, -0.1) is 0 Å². The van der Waals surface area contributed by atoms with Gasteiger partial charge in [0.25, 0.3) is 5.89 Å². The number of nitrogens with zero attached hydrogens (tertiary/aromatic N) is 3. The van der Waals surface area contributed by atoms with Crippen molar-refractivity contribution in [1.82, 2.24) is 15.0 Å². The van der Waals surface area contributed by atoms with Crippen molar-refractivity contribution < 1.29 is 18.7 Å². The Hall–Kier alpha value is -2.12. The van der Waals surface area contributed by atoms with E-state index in [1.165, 1.54) is 5.56 Å². The van der Waals surface area contributed by atoms with Crippen LogP contribution in [0.4, 0.5) is 0 Å². The number of hydrogen-bond acceptors (Lipinski definition) is 7. The molecule has 5 rings (SSSR count). The molecule has 3 atom stereocenters. The van der Waals surface area contributed by atoms with Crippen LogP contribution in [0.1, 0.15) is 36.2 Å². The monoisotopic (exact) mass is 343 g/mol. The van der Waals surface area contributed by atoms with Crippen LogP contribution in [0.2, 0.25) is 0 Å². The number of aryl methyl sites for hydroxylation is 1. The van der Waals surface area contributed by atoms with E-state index in [0.29, 0.717) is 24.4 Å². The number of ether oxygens (including phenoxy) is 3. The summed E-state index contributed by atoms with van der Waals surface area (Å²) in [4.78, 5) is 6.77. The highest BCUT2D eigenvalue weighted by Crippen LogP contribution is 2.41. The largest absolute Gasteiger partial charge is 0.454 e. The lowest BCUT2D eigenvalue weighted by Crippen LogP contribution is -2.41. The van der Waals surface area contributed by atoms with Crippen LogP contribution in [-0.2, 0) is 11.3 Å². The maximum absolute atomic E-state index is 6.22. The van der Waals surface area contributed by atoms with Crippen LogP contribution in [-0.4, -0.2) is 41.0 Å². The van der Waals surface area contributed by atoms with Gasteiger partial charge in [-0.25, -0.2) is 0 Å². The Labute approximate surface area is 145 Å². The van der Waals surface area contributed by atoms with Crippen molar-refractivity contribution in [2.45, 2.75) is 38.5 Å². The summed E-state index contributed by atoms with van der Waals surface area (Å²) in [5.74, 6) is 3.54. The highest BCUT2D eigenvalue weighted by Gasteiger charge is 2.41. The van der Waals surface area contributed by atoms with Crippen molar-refractivity contribution >= 4 is 0 Å². The molecule has 3 aliphatic rings.